The van der Waals surface area contributed by atoms with Gasteiger partial charge in [0, 0.05) is 18.7 Å². The van der Waals surface area contributed by atoms with Gasteiger partial charge in [-0.05, 0) is 18.9 Å². The van der Waals surface area contributed by atoms with Crippen LogP contribution in [0.1, 0.15) is 24.4 Å². The first kappa shape index (κ1) is 17.5. The van der Waals surface area contributed by atoms with Gasteiger partial charge in [-0.15, -0.1) is 0 Å². The average Bonchev–Trinajstić information content (AvgIpc) is 2.98. The lowest BCUT2D eigenvalue weighted by atomic mass is 10.1. The summed E-state index contributed by atoms with van der Waals surface area (Å²) in [7, 11) is 0. The minimum atomic E-state index is -4.98. The van der Waals surface area contributed by atoms with Gasteiger partial charge in [-0.3, -0.25) is 0 Å². The Morgan fingerprint density at radius 2 is 2.09 bits per heavy atom. The molecule has 0 spiro atoms. The molecule has 128 valence electrons. The molecule has 0 bridgehead atoms. The number of benzene rings is 1. The SMILES string of the molecule is O=C(NC[C@H]1CCCO1)N[C@@H](c1cccc(F)c1F)C(F)(F)F. The first-order valence-corrected chi connectivity index (χ1v) is 6.95. The number of ether oxygens (including phenoxy) is 1. The van der Waals surface area contributed by atoms with E-state index < -0.39 is 35.4 Å². The Morgan fingerprint density at radius 1 is 1.35 bits per heavy atom. The molecule has 2 amide bonds. The molecule has 1 saturated heterocycles. The summed E-state index contributed by atoms with van der Waals surface area (Å²) < 4.78 is 71.1. The summed E-state index contributed by atoms with van der Waals surface area (Å²) in [4.78, 5) is 11.6. The van der Waals surface area contributed by atoms with Crippen LogP contribution in [0.4, 0.5) is 26.7 Å². The second-order valence-corrected chi connectivity index (χ2v) is 5.11. The summed E-state index contributed by atoms with van der Waals surface area (Å²) in [5, 5.41) is 3.87. The van der Waals surface area contributed by atoms with E-state index in [9.17, 15) is 26.7 Å². The molecule has 1 aliphatic heterocycles. The van der Waals surface area contributed by atoms with E-state index in [2.05, 4.69) is 5.32 Å². The van der Waals surface area contributed by atoms with Crippen molar-refractivity contribution in [2.75, 3.05) is 13.2 Å². The molecule has 2 atom stereocenters. The zero-order valence-corrected chi connectivity index (χ0v) is 11.9. The molecule has 1 heterocycles. The van der Waals surface area contributed by atoms with E-state index in [1.165, 1.54) is 0 Å². The first-order valence-electron chi connectivity index (χ1n) is 6.95. The Hall–Kier alpha value is -1.90. The third kappa shape index (κ3) is 4.54. The number of alkyl halides is 3. The maximum absolute atomic E-state index is 13.6. The molecule has 23 heavy (non-hydrogen) atoms. The van der Waals surface area contributed by atoms with Gasteiger partial charge in [-0.1, -0.05) is 12.1 Å². The lowest BCUT2D eigenvalue weighted by Crippen LogP contribution is -2.45. The molecule has 0 radical (unpaired) electrons. The van der Waals surface area contributed by atoms with Gasteiger partial charge in [0.25, 0.3) is 0 Å². The monoisotopic (exact) mass is 338 g/mol. The van der Waals surface area contributed by atoms with Crippen molar-refractivity contribution in [3.63, 3.8) is 0 Å². The zero-order chi connectivity index (χ0) is 17.0. The number of halogens is 5. The molecule has 2 rings (SSSR count). The topological polar surface area (TPSA) is 50.4 Å². The van der Waals surface area contributed by atoms with Crippen molar-refractivity contribution in [1.82, 2.24) is 10.6 Å². The van der Waals surface area contributed by atoms with Crippen LogP contribution in [0.25, 0.3) is 0 Å². The van der Waals surface area contributed by atoms with Gasteiger partial charge >= 0.3 is 12.2 Å². The van der Waals surface area contributed by atoms with Gasteiger partial charge in [-0.25, -0.2) is 13.6 Å². The molecule has 1 aliphatic rings. The van der Waals surface area contributed by atoms with Crippen molar-refractivity contribution in [3.8, 4) is 0 Å². The van der Waals surface area contributed by atoms with Crippen LogP contribution in [0.2, 0.25) is 0 Å². The molecule has 0 aromatic heterocycles. The summed E-state index contributed by atoms with van der Waals surface area (Å²) in [6.45, 7) is 0.579. The number of carbonyl (C=O) groups excluding carboxylic acids is 1. The molecule has 4 nitrogen and oxygen atoms in total. The Labute approximate surface area is 129 Å². The van der Waals surface area contributed by atoms with E-state index in [0.717, 1.165) is 18.6 Å². The van der Waals surface area contributed by atoms with Crippen LogP contribution in [0.15, 0.2) is 18.2 Å². The summed E-state index contributed by atoms with van der Waals surface area (Å²) in [5.41, 5.74) is -0.982. The highest BCUT2D eigenvalue weighted by molar-refractivity contribution is 5.74. The second kappa shape index (κ2) is 7.12. The van der Waals surface area contributed by atoms with Gasteiger partial charge in [0.05, 0.1) is 6.10 Å². The van der Waals surface area contributed by atoms with Crippen LogP contribution < -0.4 is 10.6 Å². The van der Waals surface area contributed by atoms with E-state index in [4.69, 9.17) is 4.74 Å². The van der Waals surface area contributed by atoms with Crippen LogP contribution in [0.3, 0.4) is 0 Å². The fourth-order valence-electron chi connectivity index (χ4n) is 2.27. The summed E-state index contributed by atoms with van der Waals surface area (Å²) in [6.07, 6.45) is -3.72. The lowest BCUT2D eigenvalue weighted by Gasteiger charge is -2.23. The smallest absolute Gasteiger partial charge is 0.376 e. The Bertz CT molecular complexity index is 559. The number of nitrogens with one attached hydrogen (secondary N) is 2. The summed E-state index contributed by atoms with van der Waals surface area (Å²) in [5.74, 6) is -3.06. The Morgan fingerprint density at radius 3 is 2.70 bits per heavy atom. The van der Waals surface area contributed by atoms with Gasteiger partial charge < -0.3 is 15.4 Å². The van der Waals surface area contributed by atoms with E-state index in [-0.39, 0.29) is 12.6 Å². The minimum absolute atomic E-state index is 0.0437. The molecule has 9 heteroatoms. The van der Waals surface area contributed by atoms with Crippen molar-refractivity contribution in [3.05, 3.63) is 35.4 Å². The lowest BCUT2D eigenvalue weighted by molar-refractivity contribution is -0.155. The van der Waals surface area contributed by atoms with Crippen molar-refractivity contribution >= 4 is 6.03 Å². The largest absolute Gasteiger partial charge is 0.413 e. The van der Waals surface area contributed by atoms with Gasteiger partial charge in [0.15, 0.2) is 17.7 Å². The van der Waals surface area contributed by atoms with E-state index >= 15 is 0 Å². The van der Waals surface area contributed by atoms with E-state index in [1.807, 2.05) is 0 Å². The number of hydrogen-bond donors (Lipinski definition) is 2. The highest BCUT2D eigenvalue weighted by Gasteiger charge is 2.43. The highest BCUT2D eigenvalue weighted by Crippen LogP contribution is 2.34. The number of hydrogen-bond acceptors (Lipinski definition) is 2. The quantitative estimate of drug-likeness (QED) is 0.829. The Balaban J connectivity index is 2.06. The molecule has 1 aromatic rings. The number of rotatable bonds is 4. The first-order chi connectivity index (χ1) is 10.8. The second-order valence-electron chi connectivity index (χ2n) is 5.11. The molecule has 2 N–H and O–H groups in total. The fraction of sp³-hybridized carbons (Fsp3) is 0.500. The standard InChI is InChI=1S/C14H15F5N2O2/c15-10-5-1-4-9(11(10)16)12(14(17,18)19)21-13(22)20-7-8-3-2-6-23-8/h1,4-5,8,12H,2-3,6-7H2,(H2,20,21,22)/t8-,12+/m1/s1. The van der Waals surface area contributed by atoms with Gasteiger partial charge in [-0.2, -0.15) is 13.2 Å². The van der Waals surface area contributed by atoms with Crippen molar-refractivity contribution in [2.45, 2.75) is 31.2 Å². The molecule has 1 aromatic carbocycles. The summed E-state index contributed by atoms with van der Waals surface area (Å²) in [6, 6.07) is -1.37. The van der Waals surface area contributed by atoms with Crippen LogP contribution in [0, 0.1) is 11.6 Å². The van der Waals surface area contributed by atoms with Crippen molar-refractivity contribution in [2.24, 2.45) is 0 Å². The highest BCUT2D eigenvalue weighted by atomic mass is 19.4. The van der Waals surface area contributed by atoms with Crippen molar-refractivity contribution in [1.29, 1.82) is 0 Å². The third-order valence-corrected chi connectivity index (χ3v) is 3.41. The normalized spacial score (nSPS) is 19.4. The number of amides is 2. The third-order valence-electron chi connectivity index (χ3n) is 3.41. The van der Waals surface area contributed by atoms with Crippen LogP contribution >= 0.6 is 0 Å². The molecule has 0 aliphatic carbocycles. The average molecular weight is 338 g/mol. The maximum Gasteiger partial charge on any atom is 0.413 e. The van der Waals surface area contributed by atoms with Crippen LogP contribution in [-0.4, -0.2) is 31.5 Å². The molecular formula is C14H15F5N2O2. The minimum Gasteiger partial charge on any atom is -0.376 e. The fourth-order valence-corrected chi connectivity index (χ4v) is 2.27. The van der Waals surface area contributed by atoms with Crippen LogP contribution in [-0.2, 0) is 4.74 Å². The molecule has 0 saturated carbocycles. The maximum atomic E-state index is 13.6. The molecule has 0 unspecified atom stereocenters. The van der Waals surface area contributed by atoms with Gasteiger partial charge in [0.2, 0.25) is 0 Å². The predicted octanol–water partition coefficient (Wildman–Crippen LogP) is 3.05. The Kier molecular flexibility index (Phi) is 5.40. The van der Waals surface area contributed by atoms with Gasteiger partial charge in [0.1, 0.15) is 0 Å². The zero-order valence-electron chi connectivity index (χ0n) is 11.9. The van der Waals surface area contributed by atoms with E-state index in [1.54, 1.807) is 5.32 Å². The van der Waals surface area contributed by atoms with E-state index in [0.29, 0.717) is 19.1 Å². The summed E-state index contributed by atoms with van der Waals surface area (Å²) >= 11 is 0. The number of urea groups is 1. The number of carbonyl (C=O) groups is 1. The predicted molar refractivity (Wildman–Crippen MR) is 70.7 cm³/mol. The van der Waals surface area contributed by atoms with Crippen molar-refractivity contribution < 1.29 is 31.5 Å². The molecular weight excluding hydrogens is 323 g/mol. The van der Waals surface area contributed by atoms with Crippen LogP contribution in [0.5, 0.6) is 0 Å². The molecule has 1 fully saturated rings.